The van der Waals surface area contributed by atoms with E-state index in [1.54, 1.807) is 5.57 Å². The maximum atomic E-state index is 12.3. The minimum atomic E-state index is -0.535. The molecule has 1 N–H and O–H groups in total. The molecule has 5 unspecified atom stereocenters. The highest BCUT2D eigenvalue weighted by atomic mass is 16.4. The lowest BCUT2D eigenvalue weighted by atomic mass is 9.44. The number of carboxylic acid groups (broad SMARTS) is 1. The Labute approximate surface area is 144 Å². The lowest BCUT2D eigenvalue weighted by molar-refractivity contribution is -0.151. The normalized spacial score (nSPS) is 46.1. The van der Waals surface area contributed by atoms with Crippen LogP contribution in [-0.2, 0) is 10.2 Å². The van der Waals surface area contributed by atoms with E-state index in [2.05, 4.69) is 43.3 Å². The quantitative estimate of drug-likeness (QED) is 0.797. The number of carbonyl (C=O) groups is 1. The summed E-state index contributed by atoms with van der Waals surface area (Å²) in [6.07, 6.45) is 9.89. The number of fused-ring (bicyclic) bond motifs is 2. The van der Waals surface area contributed by atoms with E-state index in [1.165, 1.54) is 24.8 Å². The summed E-state index contributed by atoms with van der Waals surface area (Å²) in [6.45, 7) is 2.23. The fraction of sp³-hybridized carbons (Fsp3) is 0.591. The molecule has 4 fully saturated rings. The average molecular weight is 322 g/mol. The molecule has 2 heteroatoms. The highest BCUT2D eigenvalue weighted by Gasteiger charge is 2.80. The third-order valence-electron chi connectivity index (χ3n) is 8.04. The van der Waals surface area contributed by atoms with Gasteiger partial charge in [-0.1, -0.05) is 55.3 Å². The Morgan fingerprint density at radius 2 is 2.00 bits per heavy atom. The van der Waals surface area contributed by atoms with Crippen molar-refractivity contribution in [2.24, 2.45) is 22.7 Å². The minimum Gasteiger partial charge on any atom is -0.481 e. The molecule has 4 aliphatic carbocycles. The van der Waals surface area contributed by atoms with E-state index >= 15 is 0 Å². The molecule has 0 amide bonds. The van der Waals surface area contributed by atoms with Gasteiger partial charge >= 0.3 is 5.97 Å². The monoisotopic (exact) mass is 322 g/mol. The molecule has 24 heavy (non-hydrogen) atoms. The van der Waals surface area contributed by atoms with Gasteiger partial charge in [0.1, 0.15) is 0 Å². The van der Waals surface area contributed by atoms with Gasteiger partial charge in [-0.15, -0.1) is 0 Å². The Kier molecular flexibility index (Phi) is 2.78. The molecule has 0 saturated heterocycles. The molecular weight excluding hydrogens is 296 g/mol. The van der Waals surface area contributed by atoms with Crippen LogP contribution in [0.3, 0.4) is 0 Å². The molecule has 5 atom stereocenters. The van der Waals surface area contributed by atoms with Crippen molar-refractivity contribution < 1.29 is 9.90 Å². The highest BCUT2D eigenvalue weighted by Crippen LogP contribution is 2.85. The van der Waals surface area contributed by atoms with Crippen molar-refractivity contribution in [1.82, 2.24) is 0 Å². The Morgan fingerprint density at radius 1 is 1.21 bits per heavy atom. The number of rotatable bonds is 4. The highest BCUT2D eigenvalue weighted by molar-refractivity contribution is 5.77. The lowest BCUT2D eigenvalue weighted by Crippen LogP contribution is -2.55. The van der Waals surface area contributed by atoms with Gasteiger partial charge in [0.25, 0.3) is 0 Å². The molecule has 0 aromatic heterocycles. The Balaban J connectivity index is 1.66. The summed E-state index contributed by atoms with van der Waals surface area (Å²) < 4.78 is 0. The van der Waals surface area contributed by atoms with Gasteiger partial charge in [-0.2, -0.15) is 0 Å². The first-order valence-electron chi connectivity index (χ1n) is 9.56. The topological polar surface area (TPSA) is 37.3 Å². The van der Waals surface area contributed by atoms with Gasteiger partial charge in [-0.3, -0.25) is 4.79 Å². The van der Waals surface area contributed by atoms with Crippen LogP contribution in [0.15, 0.2) is 42.0 Å². The van der Waals surface area contributed by atoms with Crippen LogP contribution in [0, 0.1) is 22.7 Å². The number of benzene rings is 1. The number of hydrogen-bond acceptors (Lipinski definition) is 1. The summed E-state index contributed by atoms with van der Waals surface area (Å²) in [7, 11) is 0. The molecule has 0 aliphatic heterocycles. The first kappa shape index (κ1) is 14.7. The number of carboxylic acids is 1. The zero-order valence-electron chi connectivity index (χ0n) is 14.4. The second-order valence-electron chi connectivity index (χ2n) is 8.90. The first-order chi connectivity index (χ1) is 11.6. The van der Waals surface area contributed by atoms with Crippen LogP contribution in [0.25, 0.3) is 0 Å². The van der Waals surface area contributed by atoms with Crippen molar-refractivity contribution in [2.45, 2.75) is 57.3 Å². The van der Waals surface area contributed by atoms with Crippen LogP contribution in [0.1, 0.15) is 57.4 Å². The molecular formula is C22H26O2. The van der Waals surface area contributed by atoms with Crippen LogP contribution in [0.2, 0.25) is 0 Å². The molecule has 5 rings (SSSR count). The zero-order valence-corrected chi connectivity index (χ0v) is 14.4. The maximum absolute atomic E-state index is 12.3. The van der Waals surface area contributed by atoms with E-state index in [9.17, 15) is 9.90 Å². The fourth-order valence-electron chi connectivity index (χ4n) is 7.35. The molecule has 0 heterocycles. The molecule has 1 aromatic rings. The second-order valence-corrected chi connectivity index (χ2v) is 8.90. The third kappa shape index (κ3) is 1.47. The summed E-state index contributed by atoms with van der Waals surface area (Å²) in [5.74, 6) is 0.643. The molecule has 4 saturated carbocycles. The van der Waals surface area contributed by atoms with E-state index in [-0.39, 0.29) is 10.8 Å². The van der Waals surface area contributed by atoms with Crippen molar-refractivity contribution >= 4 is 5.97 Å². The molecule has 4 aliphatic rings. The van der Waals surface area contributed by atoms with Gasteiger partial charge in [0.05, 0.1) is 5.41 Å². The number of aliphatic carboxylic acids is 1. The van der Waals surface area contributed by atoms with Gasteiger partial charge in [-0.25, -0.2) is 0 Å². The smallest absolute Gasteiger partial charge is 0.309 e. The van der Waals surface area contributed by atoms with Crippen LogP contribution < -0.4 is 0 Å². The second kappa shape index (κ2) is 4.53. The van der Waals surface area contributed by atoms with Crippen molar-refractivity contribution in [3.8, 4) is 0 Å². The van der Waals surface area contributed by atoms with Crippen LogP contribution >= 0.6 is 0 Å². The van der Waals surface area contributed by atoms with E-state index in [1.807, 2.05) is 0 Å². The van der Waals surface area contributed by atoms with Crippen molar-refractivity contribution in [3.05, 3.63) is 47.5 Å². The van der Waals surface area contributed by atoms with Crippen LogP contribution in [-0.4, -0.2) is 11.1 Å². The maximum Gasteiger partial charge on any atom is 0.309 e. The number of unbranched alkanes of at least 4 members (excludes halogenated alkanes) is 1. The molecule has 126 valence electrons. The third-order valence-corrected chi connectivity index (χ3v) is 8.04. The van der Waals surface area contributed by atoms with Crippen molar-refractivity contribution in [2.75, 3.05) is 0 Å². The summed E-state index contributed by atoms with van der Waals surface area (Å²) in [4.78, 5) is 12.3. The SMILES string of the molecule is CCC/C=C1/C2CC3(C(=O)O)CC4(c5ccccc5)CC1C4(C2)C3. The van der Waals surface area contributed by atoms with Crippen molar-refractivity contribution in [1.29, 1.82) is 0 Å². The molecule has 1 spiro atoms. The largest absolute Gasteiger partial charge is 0.481 e. The van der Waals surface area contributed by atoms with Crippen LogP contribution in [0.4, 0.5) is 0 Å². The van der Waals surface area contributed by atoms with E-state index < -0.39 is 11.4 Å². The summed E-state index contributed by atoms with van der Waals surface area (Å²) >= 11 is 0. The van der Waals surface area contributed by atoms with Gasteiger partial charge in [0.2, 0.25) is 0 Å². The van der Waals surface area contributed by atoms with Gasteiger partial charge in [-0.05, 0) is 61.3 Å². The summed E-state index contributed by atoms with van der Waals surface area (Å²) in [5.41, 5.74) is 2.91. The van der Waals surface area contributed by atoms with Crippen LogP contribution in [0.5, 0.6) is 0 Å². The van der Waals surface area contributed by atoms with E-state index in [0.29, 0.717) is 11.8 Å². The number of allylic oxidation sites excluding steroid dienone is 2. The van der Waals surface area contributed by atoms with Gasteiger partial charge in [0.15, 0.2) is 0 Å². The predicted molar refractivity (Wildman–Crippen MR) is 93.7 cm³/mol. The fourth-order valence-corrected chi connectivity index (χ4v) is 7.35. The number of hydrogen-bond donors (Lipinski definition) is 1. The Bertz CT molecular complexity index is 736. The van der Waals surface area contributed by atoms with Crippen molar-refractivity contribution in [3.63, 3.8) is 0 Å². The molecule has 2 nitrogen and oxygen atoms in total. The minimum absolute atomic E-state index is 0.119. The molecule has 3 bridgehead atoms. The molecule has 0 radical (unpaired) electrons. The Hall–Kier alpha value is -1.57. The first-order valence-corrected chi connectivity index (χ1v) is 9.56. The van der Waals surface area contributed by atoms with Gasteiger partial charge in [0, 0.05) is 5.41 Å². The van der Waals surface area contributed by atoms with Gasteiger partial charge < -0.3 is 5.11 Å². The summed E-state index contributed by atoms with van der Waals surface area (Å²) in [6, 6.07) is 10.8. The standard InChI is InChI=1S/C22H26O2/c1-2-3-9-17-15-10-20(19(23)24)13-21(16-7-5-4-6-8-16)12-18(17)22(21,11-15)14-20/h4-9,15,18H,2-3,10-14H2,1H3,(H,23,24)/b17-9-. The zero-order chi connectivity index (χ0) is 16.6. The van der Waals surface area contributed by atoms with E-state index in [4.69, 9.17) is 0 Å². The molecule has 1 aromatic carbocycles. The Morgan fingerprint density at radius 3 is 2.71 bits per heavy atom. The lowest BCUT2D eigenvalue weighted by Gasteiger charge is -2.59. The predicted octanol–water partition coefficient (Wildman–Crippen LogP) is 4.95. The van der Waals surface area contributed by atoms with E-state index in [0.717, 1.165) is 25.7 Å². The average Bonchev–Trinajstić information content (AvgIpc) is 2.86. The summed E-state index contributed by atoms with van der Waals surface area (Å²) in [5, 5.41) is 10.1.